The van der Waals surface area contributed by atoms with E-state index in [1.54, 1.807) is 16.9 Å². The molecule has 1 fully saturated rings. The van der Waals surface area contributed by atoms with Crippen molar-refractivity contribution in [1.29, 1.82) is 5.41 Å². The molecule has 1 aliphatic carbocycles. The van der Waals surface area contributed by atoms with Gasteiger partial charge in [-0.1, -0.05) is 0 Å². The third kappa shape index (κ3) is 2.16. The molecule has 92 valence electrons. The zero-order chi connectivity index (χ0) is 12.5. The summed E-state index contributed by atoms with van der Waals surface area (Å²) in [7, 11) is 0. The summed E-state index contributed by atoms with van der Waals surface area (Å²) in [6.07, 6.45) is 3.78. The van der Waals surface area contributed by atoms with Crippen LogP contribution in [-0.2, 0) is 0 Å². The first-order valence-electron chi connectivity index (χ1n) is 5.37. The predicted octanol–water partition coefficient (Wildman–Crippen LogP) is 0.233. The Labute approximate surface area is 107 Å². The summed E-state index contributed by atoms with van der Waals surface area (Å²) in [5.74, 6) is -0.0824. The van der Waals surface area contributed by atoms with E-state index < -0.39 is 0 Å². The monoisotopic (exact) mass is 262 g/mol. The van der Waals surface area contributed by atoms with E-state index in [4.69, 9.17) is 11.1 Å². The second kappa shape index (κ2) is 4.33. The molecule has 2 aromatic rings. The summed E-state index contributed by atoms with van der Waals surface area (Å²) in [4.78, 5) is 8.27. The molecule has 0 amide bonds. The smallest absolute Gasteiger partial charge is 0.217 e. The Morgan fingerprint density at radius 1 is 1.50 bits per heavy atom. The fourth-order valence-corrected chi connectivity index (χ4v) is 2.20. The predicted molar refractivity (Wildman–Crippen MR) is 63.3 cm³/mol. The van der Waals surface area contributed by atoms with E-state index in [0.29, 0.717) is 22.0 Å². The number of aromatic nitrogens is 6. The Kier molecular flexibility index (Phi) is 2.67. The van der Waals surface area contributed by atoms with Gasteiger partial charge in [0.05, 0.1) is 6.04 Å². The summed E-state index contributed by atoms with van der Waals surface area (Å²) in [6.45, 7) is 0. The molecule has 3 N–H and O–H groups in total. The second-order valence-electron chi connectivity index (χ2n) is 3.88. The Balaban J connectivity index is 1.85. The van der Waals surface area contributed by atoms with Gasteiger partial charge in [-0.3, -0.25) is 5.41 Å². The van der Waals surface area contributed by atoms with E-state index in [2.05, 4.69) is 25.5 Å². The molecule has 0 atom stereocenters. The fraction of sp³-hybridized carbons (Fsp3) is 0.333. The quantitative estimate of drug-likeness (QED) is 0.460. The summed E-state index contributed by atoms with van der Waals surface area (Å²) < 4.78 is 1.79. The van der Waals surface area contributed by atoms with Crippen LogP contribution in [0.3, 0.4) is 0 Å². The average molecular weight is 262 g/mol. The highest BCUT2D eigenvalue weighted by Crippen LogP contribution is 2.37. The lowest BCUT2D eigenvalue weighted by atomic mass is 10.4. The van der Waals surface area contributed by atoms with Crippen LogP contribution in [0.1, 0.15) is 24.6 Å². The van der Waals surface area contributed by atoms with E-state index in [0.717, 1.165) is 12.8 Å². The van der Waals surface area contributed by atoms with Crippen molar-refractivity contribution in [1.82, 2.24) is 30.2 Å². The molecular weight excluding hydrogens is 252 g/mol. The van der Waals surface area contributed by atoms with Gasteiger partial charge in [0.15, 0.2) is 5.16 Å². The minimum Gasteiger partial charge on any atom is -0.382 e. The number of nitrogens with two attached hydrogens (primary N) is 1. The van der Waals surface area contributed by atoms with E-state index in [1.807, 2.05) is 0 Å². The second-order valence-corrected chi connectivity index (χ2v) is 4.81. The molecule has 0 aliphatic heterocycles. The van der Waals surface area contributed by atoms with Crippen molar-refractivity contribution in [3.05, 3.63) is 18.0 Å². The molecule has 0 radical (unpaired) electrons. The minimum atomic E-state index is -0.0824. The van der Waals surface area contributed by atoms with Gasteiger partial charge < -0.3 is 5.73 Å². The molecule has 0 saturated heterocycles. The Morgan fingerprint density at radius 3 is 3.06 bits per heavy atom. The third-order valence-electron chi connectivity index (χ3n) is 2.45. The summed E-state index contributed by atoms with van der Waals surface area (Å²) in [6, 6.07) is 1.99. The van der Waals surface area contributed by atoms with E-state index in [-0.39, 0.29) is 5.84 Å². The highest BCUT2D eigenvalue weighted by molar-refractivity contribution is 7.99. The molecule has 0 aromatic carbocycles. The highest BCUT2D eigenvalue weighted by atomic mass is 32.2. The van der Waals surface area contributed by atoms with Crippen molar-refractivity contribution in [2.75, 3.05) is 0 Å². The largest absolute Gasteiger partial charge is 0.382 e. The van der Waals surface area contributed by atoms with Crippen molar-refractivity contribution in [2.45, 2.75) is 29.2 Å². The number of nitrogens with zero attached hydrogens (tertiary/aromatic N) is 6. The first-order chi connectivity index (χ1) is 8.74. The van der Waals surface area contributed by atoms with Gasteiger partial charge in [-0.25, -0.2) is 14.6 Å². The molecule has 0 bridgehead atoms. The lowest BCUT2D eigenvalue weighted by Crippen LogP contribution is -2.13. The molecule has 0 spiro atoms. The van der Waals surface area contributed by atoms with Crippen LogP contribution in [0.5, 0.6) is 0 Å². The zero-order valence-electron chi connectivity index (χ0n) is 9.32. The fourth-order valence-electron chi connectivity index (χ4n) is 1.42. The molecule has 9 heteroatoms. The normalized spacial score (nSPS) is 14.7. The average Bonchev–Trinajstić information content (AvgIpc) is 3.11. The minimum absolute atomic E-state index is 0.0824. The molecule has 18 heavy (non-hydrogen) atoms. The summed E-state index contributed by atoms with van der Waals surface area (Å²) in [5, 5.41) is 20.0. The van der Waals surface area contributed by atoms with Crippen molar-refractivity contribution in [3.63, 3.8) is 0 Å². The van der Waals surface area contributed by atoms with Crippen molar-refractivity contribution in [3.8, 4) is 0 Å². The Morgan fingerprint density at radius 2 is 2.33 bits per heavy atom. The number of amidine groups is 1. The first-order valence-corrected chi connectivity index (χ1v) is 6.19. The number of nitrogens with one attached hydrogen (secondary N) is 1. The van der Waals surface area contributed by atoms with Crippen molar-refractivity contribution in [2.24, 2.45) is 5.73 Å². The van der Waals surface area contributed by atoms with E-state index >= 15 is 0 Å². The van der Waals surface area contributed by atoms with Gasteiger partial charge in [0, 0.05) is 6.20 Å². The third-order valence-corrected chi connectivity index (χ3v) is 3.28. The molecule has 2 aromatic heterocycles. The van der Waals surface area contributed by atoms with Gasteiger partial charge in [0.1, 0.15) is 11.5 Å². The highest BCUT2D eigenvalue weighted by Gasteiger charge is 2.28. The topological polar surface area (TPSA) is 119 Å². The molecular formula is C9H10N8S. The number of nitrogen functional groups attached to an aromatic ring is 1. The first kappa shape index (κ1) is 11.1. The van der Waals surface area contributed by atoms with Crippen LogP contribution in [-0.4, -0.2) is 36.0 Å². The zero-order valence-corrected chi connectivity index (χ0v) is 10.1. The maximum Gasteiger partial charge on any atom is 0.217 e. The van der Waals surface area contributed by atoms with E-state index in [9.17, 15) is 0 Å². The van der Waals surface area contributed by atoms with Gasteiger partial charge in [-0.05, 0) is 41.1 Å². The van der Waals surface area contributed by atoms with Crippen LogP contribution in [0.15, 0.2) is 22.6 Å². The summed E-state index contributed by atoms with van der Waals surface area (Å²) in [5.41, 5.74) is 5.78. The molecule has 2 heterocycles. The van der Waals surface area contributed by atoms with E-state index in [1.165, 1.54) is 11.8 Å². The molecule has 0 unspecified atom stereocenters. The number of tetrazole rings is 1. The Hall–Kier alpha value is -2.03. The number of rotatable bonds is 4. The van der Waals surface area contributed by atoms with Gasteiger partial charge in [-0.2, -0.15) is 0 Å². The van der Waals surface area contributed by atoms with Crippen molar-refractivity contribution < 1.29 is 0 Å². The SMILES string of the molecule is N=C(N)c1ccnc(Sc2nnnn2C2CC2)n1. The van der Waals surface area contributed by atoms with Crippen molar-refractivity contribution >= 4 is 17.6 Å². The number of hydrogen-bond donors (Lipinski definition) is 2. The van der Waals surface area contributed by atoms with Gasteiger partial charge in [-0.15, -0.1) is 5.10 Å². The van der Waals surface area contributed by atoms with Crippen LogP contribution in [0.4, 0.5) is 0 Å². The maximum atomic E-state index is 7.33. The lowest BCUT2D eigenvalue weighted by Gasteiger charge is -2.02. The molecule has 8 nitrogen and oxygen atoms in total. The van der Waals surface area contributed by atoms with Crippen LogP contribution >= 0.6 is 11.8 Å². The standard InChI is InChI=1S/C9H10N8S/c10-7(11)6-3-4-12-8(13-6)18-9-14-15-16-17(9)5-1-2-5/h3-5H,1-2H2,(H3,10,11). The van der Waals surface area contributed by atoms with Crippen LogP contribution in [0.2, 0.25) is 0 Å². The maximum absolute atomic E-state index is 7.33. The Bertz CT molecular complexity index is 590. The number of hydrogen-bond acceptors (Lipinski definition) is 7. The van der Waals surface area contributed by atoms with Crippen LogP contribution < -0.4 is 5.73 Å². The van der Waals surface area contributed by atoms with Crippen LogP contribution in [0.25, 0.3) is 0 Å². The van der Waals surface area contributed by atoms with Gasteiger partial charge >= 0.3 is 0 Å². The summed E-state index contributed by atoms with van der Waals surface area (Å²) >= 11 is 1.27. The molecule has 3 rings (SSSR count). The van der Waals surface area contributed by atoms with Gasteiger partial charge in [0.25, 0.3) is 0 Å². The lowest BCUT2D eigenvalue weighted by molar-refractivity contribution is 0.565. The van der Waals surface area contributed by atoms with Gasteiger partial charge in [0.2, 0.25) is 5.16 Å². The molecule has 1 saturated carbocycles. The van der Waals surface area contributed by atoms with Crippen LogP contribution in [0, 0.1) is 5.41 Å². The molecule has 1 aliphatic rings.